The van der Waals surface area contributed by atoms with Gasteiger partial charge in [0.05, 0.1) is 29.2 Å². The summed E-state index contributed by atoms with van der Waals surface area (Å²) in [6.07, 6.45) is 2.66. The van der Waals surface area contributed by atoms with Crippen LogP contribution >= 0.6 is 11.6 Å². The molecule has 3 rings (SSSR count). The van der Waals surface area contributed by atoms with E-state index in [1.807, 2.05) is 0 Å². The highest BCUT2D eigenvalue weighted by molar-refractivity contribution is 6.35. The first-order chi connectivity index (χ1) is 16.9. The van der Waals surface area contributed by atoms with E-state index in [1.54, 1.807) is 39.0 Å². The van der Waals surface area contributed by atoms with Gasteiger partial charge in [0, 0.05) is 6.54 Å². The van der Waals surface area contributed by atoms with E-state index < -0.39 is 53.7 Å². The van der Waals surface area contributed by atoms with Crippen LogP contribution in [0.4, 0.5) is 0 Å². The number of amides is 3. The summed E-state index contributed by atoms with van der Waals surface area (Å²) in [5.41, 5.74) is -0.533. The van der Waals surface area contributed by atoms with E-state index in [0.29, 0.717) is 24.9 Å². The number of hydrogen-bond donors (Lipinski definition) is 3. The molecule has 1 saturated heterocycles. The van der Waals surface area contributed by atoms with Gasteiger partial charge in [-0.05, 0) is 43.2 Å². The van der Waals surface area contributed by atoms with Crippen molar-refractivity contribution in [1.29, 1.82) is 0 Å². The molecule has 3 atom stereocenters. The SMILES string of the molecule is CC(C)(C)[C@H](NC(=O)c1cccc(OC2CC2)c1Cl)C(=O)N1CCC[C@H]1C(=O)N[C@H](C=O)CC(=O)O. The van der Waals surface area contributed by atoms with E-state index in [0.717, 1.165) is 12.8 Å². The monoisotopic (exact) mass is 521 g/mol. The number of hydrogen-bond acceptors (Lipinski definition) is 6. The van der Waals surface area contributed by atoms with Crippen LogP contribution in [-0.2, 0) is 19.2 Å². The third kappa shape index (κ3) is 6.75. The van der Waals surface area contributed by atoms with Crippen molar-refractivity contribution in [2.75, 3.05) is 6.54 Å². The lowest BCUT2D eigenvalue weighted by atomic mass is 9.85. The van der Waals surface area contributed by atoms with Crippen LogP contribution in [0, 0.1) is 5.41 Å². The molecule has 1 aromatic rings. The molecule has 0 aromatic heterocycles. The highest BCUT2D eigenvalue weighted by Gasteiger charge is 2.42. The number of carbonyl (C=O) groups excluding carboxylic acids is 4. The second-order valence-electron chi connectivity index (χ2n) is 10.2. The molecular weight excluding hydrogens is 490 g/mol. The number of halogens is 1. The number of likely N-dealkylation sites (tertiary alicyclic amines) is 1. The zero-order chi connectivity index (χ0) is 26.6. The highest BCUT2D eigenvalue weighted by Crippen LogP contribution is 2.34. The van der Waals surface area contributed by atoms with Crippen molar-refractivity contribution < 1.29 is 33.8 Å². The Hall–Kier alpha value is -3.14. The lowest BCUT2D eigenvalue weighted by molar-refractivity contribution is -0.143. The number of benzene rings is 1. The molecule has 2 fully saturated rings. The maximum Gasteiger partial charge on any atom is 0.305 e. The van der Waals surface area contributed by atoms with Crippen LogP contribution < -0.4 is 15.4 Å². The number of nitrogens with one attached hydrogen (secondary N) is 2. The van der Waals surface area contributed by atoms with Crippen LogP contribution in [0.5, 0.6) is 5.75 Å². The summed E-state index contributed by atoms with van der Waals surface area (Å²) < 4.78 is 5.76. The number of carbonyl (C=O) groups is 5. The smallest absolute Gasteiger partial charge is 0.305 e. The fourth-order valence-electron chi connectivity index (χ4n) is 4.07. The van der Waals surface area contributed by atoms with Crippen molar-refractivity contribution in [3.8, 4) is 5.75 Å². The van der Waals surface area contributed by atoms with Gasteiger partial charge in [0.15, 0.2) is 0 Å². The summed E-state index contributed by atoms with van der Waals surface area (Å²) >= 11 is 6.44. The predicted octanol–water partition coefficient (Wildman–Crippen LogP) is 2.18. The predicted molar refractivity (Wildman–Crippen MR) is 131 cm³/mol. The third-order valence-electron chi connectivity index (χ3n) is 6.14. The molecule has 0 radical (unpaired) electrons. The van der Waals surface area contributed by atoms with Gasteiger partial charge in [0.1, 0.15) is 24.1 Å². The van der Waals surface area contributed by atoms with Gasteiger partial charge in [0.25, 0.3) is 5.91 Å². The summed E-state index contributed by atoms with van der Waals surface area (Å²) in [7, 11) is 0. The lowest BCUT2D eigenvalue weighted by Gasteiger charge is -2.35. The van der Waals surface area contributed by atoms with Gasteiger partial charge in [-0.2, -0.15) is 0 Å². The van der Waals surface area contributed by atoms with Crippen LogP contribution in [-0.4, -0.2) is 70.8 Å². The Balaban J connectivity index is 1.76. The number of aldehydes is 1. The number of aliphatic carboxylic acids is 1. The van der Waals surface area contributed by atoms with Gasteiger partial charge in [0.2, 0.25) is 11.8 Å². The summed E-state index contributed by atoms with van der Waals surface area (Å²) in [5, 5.41) is 14.3. The van der Waals surface area contributed by atoms with E-state index in [9.17, 15) is 24.0 Å². The van der Waals surface area contributed by atoms with E-state index >= 15 is 0 Å². The normalized spacial score (nSPS) is 19.2. The first-order valence-corrected chi connectivity index (χ1v) is 12.3. The molecule has 1 heterocycles. The minimum atomic E-state index is -1.23. The standard InChI is InChI=1S/C25H32ClN3O7/c1-25(2,3)21(28-22(33)16-6-4-8-18(20(16)26)36-15-9-10-15)24(35)29-11-5-7-17(29)23(34)27-14(13-30)12-19(31)32/h4,6,8,13-15,17,21H,5,7,9-12H2,1-3H3,(H,27,34)(H,28,33)(H,31,32)/t14-,17-,21+/m0/s1. The fourth-order valence-corrected chi connectivity index (χ4v) is 4.33. The molecule has 3 N–H and O–H groups in total. The average Bonchev–Trinajstić information content (AvgIpc) is 3.47. The van der Waals surface area contributed by atoms with Crippen molar-refractivity contribution in [3.05, 3.63) is 28.8 Å². The Kier molecular flexibility index (Phi) is 8.60. The highest BCUT2D eigenvalue weighted by atomic mass is 35.5. The van der Waals surface area contributed by atoms with Gasteiger partial charge >= 0.3 is 5.97 Å². The first-order valence-electron chi connectivity index (χ1n) is 12.0. The lowest BCUT2D eigenvalue weighted by Crippen LogP contribution is -2.58. The Morgan fingerprint density at radius 2 is 1.89 bits per heavy atom. The average molecular weight is 522 g/mol. The number of ether oxygens (including phenoxy) is 1. The third-order valence-corrected chi connectivity index (χ3v) is 6.53. The van der Waals surface area contributed by atoms with E-state index in [-0.39, 0.29) is 23.2 Å². The minimum absolute atomic E-state index is 0.0947. The molecule has 0 spiro atoms. The van der Waals surface area contributed by atoms with Crippen LogP contribution in [0.2, 0.25) is 5.02 Å². The quantitative estimate of drug-likeness (QED) is 0.400. The van der Waals surface area contributed by atoms with Gasteiger partial charge < -0.3 is 30.2 Å². The van der Waals surface area contributed by atoms with Gasteiger partial charge in [-0.1, -0.05) is 38.4 Å². The Morgan fingerprint density at radius 3 is 2.47 bits per heavy atom. The zero-order valence-electron chi connectivity index (χ0n) is 20.6. The van der Waals surface area contributed by atoms with E-state index in [1.165, 1.54) is 4.90 Å². The van der Waals surface area contributed by atoms with Crippen LogP contribution in [0.25, 0.3) is 0 Å². The van der Waals surface area contributed by atoms with E-state index in [4.69, 9.17) is 21.4 Å². The molecule has 0 unspecified atom stereocenters. The molecule has 1 aliphatic heterocycles. The molecule has 2 aliphatic rings. The molecule has 10 nitrogen and oxygen atoms in total. The number of carboxylic acids is 1. The number of rotatable bonds is 10. The van der Waals surface area contributed by atoms with Crippen molar-refractivity contribution in [2.24, 2.45) is 5.41 Å². The van der Waals surface area contributed by atoms with Crippen molar-refractivity contribution >= 4 is 41.6 Å². The second-order valence-corrected chi connectivity index (χ2v) is 10.6. The van der Waals surface area contributed by atoms with Gasteiger partial charge in [-0.25, -0.2) is 0 Å². The number of nitrogens with zero attached hydrogens (tertiary/aromatic N) is 1. The summed E-state index contributed by atoms with van der Waals surface area (Å²) in [6.45, 7) is 5.68. The van der Waals surface area contributed by atoms with Gasteiger partial charge in [-0.15, -0.1) is 0 Å². The summed E-state index contributed by atoms with van der Waals surface area (Å²) in [5.74, 6) is -2.42. The van der Waals surface area contributed by atoms with Crippen molar-refractivity contribution in [1.82, 2.24) is 15.5 Å². The van der Waals surface area contributed by atoms with E-state index in [2.05, 4.69) is 10.6 Å². The zero-order valence-corrected chi connectivity index (χ0v) is 21.3. The Labute approximate surface area is 214 Å². The Morgan fingerprint density at radius 1 is 1.19 bits per heavy atom. The van der Waals surface area contributed by atoms with Gasteiger partial charge in [-0.3, -0.25) is 19.2 Å². The summed E-state index contributed by atoms with van der Waals surface area (Å²) in [6, 6.07) is 1.84. The molecule has 3 amide bonds. The fraction of sp³-hybridized carbons (Fsp3) is 0.560. The minimum Gasteiger partial charge on any atom is -0.489 e. The molecule has 1 aromatic carbocycles. The molecule has 36 heavy (non-hydrogen) atoms. The molecular formula is C25H32ClN3O7. The molecule has 0 bridgehead atoms. The van der Waals surface area contributed by atoms with Crippen LogP contribution in [0.1, 0.15) is 63.2 Å². The number of carboxylic acid groups (broad SMARTS) is 1. The first kappa shape index (κ1) is 27.4. The topological polar surface area (TPSA) is 142 Å². The Bertz CT molecular complexity index is 1030. The largest absolute Gasteiger partial charge is 0.489 e. The molecule has 1 aliphatic carbocycles. The molecule has 11 heteroatoms. The maximum atomic E-state index is 13.6. The molecule has 196 valence electrons. The van der Waals surface area contributed by atoms with Crippen LogP contribution in [0.3, 0.4) is 0 Å². The van der Waals surface area contributed by atoms with Crippen molar-refractivity contribution in [3.63, 3.8) is 0 Å². The summed E-state index contributed by atoms with van der Waals surface area (Å²) in [4.78, 5) is 63.2. The maximum absolute atomic E-state index is 13.6. The van der Waals surface area contributed by atoms with Crippen molar-refractivity contribution in [2.45, 2.75) is 77.1 Å². The molecule has 1 saturated carbocycles. The van der Waals surface area contributed by atoms with Crippen LogP contribution in [0.15, 0.2) is 18.2 Å². The second kappa shape index (κ2) is 11.3.